The number of ether oxygens (including phenoxy) is 9. The van der Waals surface area contributed by atoms with Crippen molar-refractivity contribution in [2.45, 2.75) is 65.3 Å². The van der Waals surface area contributed by atoms with Gasteiger partial charge in [-0.1, -0.05) is 0 Å². The molecule has 0 saturated heterocycles. The number of hydrogen-bond acceptors (Lipinski definition) is 19. The Labute approximate surface area is 276 Å². The Morgan fingerprint density at radius 3 is 1.32 bits per heavy atom. The van der Waals surface area contributed by atoms with Gasteiger partial charge < -0.3 is 47.7 Å². The standard InChI is InChI=1S/C14H20O9.C10H14O10.Y/c1-7(15)6-11(16)21-9(3)13(18)23-10(4)14(19)22-8(2)12(17)20-5;1-16-5-18-8(13)3-10(15)20-6-19-9(14)2-7(12)17-4-11;/h8-10H,6H2,1-5H3;11H,2-6H2,1H3;. The van der Waals surface area contributed by atoms with E-state index >= 15 is 0 Å². The van der Waals surface area contributed by atoms with E-state index in [9.17, 15) is 43.2 Å². The Bertz CT molecular complexity index is 994. The summed E-state index contributed by atoms with van der Waals surface area (Å²) in [6.07, 6.45) is -5.65. The molecule has 0 heterocycles. The zero-order valence-corrected chi connectivity index (χ0v) is 27.7. The Balaban J connectivity index is -0.000000754. The van der Waals surface area contributed by atoms with Crippen LogP contribution in [0.2, 0.25) is 0 Å². The van der Waals surface area contributed by atoms with E-state index in [1.165, 1.54) is 34.8 Å². The molecule has 1 N–H and O–H groups in total. The normalized spacial score (nSPS) is 11.6. The van der Waals surface area contributed by atoms with Crippen molar-refractivity contribution in [2.75, 3.05) is 34.6 Å². The maximum atomic E-state index is 11.7. The van der Waals surface area contributed by atoms with Gasteiger partial charge in [0.25, 0.3) is 0 Å². The monoisotopic (exact) mass is 715 g/mol. The summed E-state index contributed by atoms with van der Waals surface area (Å²) in [5.41, 5.74) is 0. The van der Waals surface area contributed by atoms with Gasteiger partial charge in [-0.05, 0) is 27.7 Å². The molecule has 0 aliphatic heterocycles. The van der Waals surface area contributed by atoms with E-state index in [0.717, 1.165) is 7.11 Å². The third-order valence-corrected chi connectivity index (χ3v) is 4.06. The minimum Gasteiger partial charge on any atom is -0.466 e. The van der Waals surface area contributed by atoms with Crippen LogP contribution in [0.4, 0.5) is 0 Å². The molecule has 0 aliphatic carbocycles. The Morgan fingerprint density at radius 1 is 0.545 bits per heavy atom. The molecule has 3 atom stereocenters. The van der Waals surface area contributed by atoms with Gasteiger partial charge in [0.2, 0.25) is 6.79 Å². The summed E-state index contributed by atoms with van der Waals surface area (Å²) in [4.78, 5) is 100. The second-order valence-corrected chi connectivity index (χ2v) is 7.76. The van der Waals surface area contributed by atoms with Gasteiger partial charge in [-0.3, -0.25) is 28.8 Å². The van der Waals surface area contributed by atoms with E-state index in [0.29, 0.717) is 0 Å². The van der Waals surface area contributed by atoms with Crippen LogP contribution >= 0.6 is 0 Å². The van der Waals surface area contributed by atoms with Crippen LogP contribution in [0.3, 0.4) is 0 Å². The van der Waals surface area contributed by atoms with Crippen molar-refractivity contribution in [1.29, 1.82) is 0 Å². The molecular weight excluding hydrogens is 681 g/mol. The van der Waals surface area contributed by atoms with E-state index in [4.69, 9.17) is 14.6 Å². The second kappa shape index (κ2) is 25.9. The number of carbonyl (C=O) groups excluding carboxylic acids is 9. The fraction of sp³-hybridized carbons (Fsp3) is 0.625. The number of aliphatic hydroxyl groups is 1. The molecule has 19 nitrogen and oxygen atoms in total. The quantitative estimate of drug-likeness (QED) is 0.0768. The smallest absolute Gasteiger partial charge is 0.347 e. The van der Waals surface area contributed by atoms with Crippen molar-refractivity contribution in [3.63, 3.8) is 0 Å². The molecule has 0 aromatic carbocycles. The van der Waals surface area contributed by atoms with Crippen LogP contribution in [0.1, 0.15) is 47.0 Å². The maximum absolute atomic E-state index is 11.7. The van der Waals surface area contributed by atoms with Gasteiger partial charge in [0.05, 0.1) is 7.11 Å². The molecule has 0 saturated carbocycles. The van der Waals surface area contributed by atoms with Gasteiger partial charge in [-0.25, -0.2) is 14.4 Å². The summed E-state index contributed by atoms with van der Waals surface area (Å²) in [6, 6.07) is 0. The fourth-order valence-electron chi connectivity index (χ4n) is 2.09. The van der Waals surface area contributed by atoms with Crippen LogP contribution in [-0.4, -0.2) is 112 Å². The Kier molecular flexibility index (Phi) is 26.4. The summed E-state index contributed by atoms with van der Waals surface area (Å²) >= 11 is 0. The predicted molar refractivity (Wildman–Crippen MR) is 131 cm³/mol. The molecule has 0 fully saturated rings. The third kappa shape index (κ3) is 24.0. The first-order chi connectivity index (χ1) is 20.1. The zero-order chi connectivity index (χ0) is 33.5. The summed E-state index contributed by atoms with van der Waals surface area (Å²) in [7, 11) is 2.43. The minimum absolute atomic E-state index is 0. The number of esters is 8. The predicted octanol–water partition coefficient (Wildman–Crippen LogP) is -1.62. The molecule has 0 amide bonds. The Morgan fingerprint density at radius 2 is 0.932 bits per heavy atom. The van der Waals surface area contributed by atoms with Crippen molar-refractivity contribution in [3.05, 3.63) is 0 Å². The van der Waals surface area contributed by atoms with Crippen LogP contribution in [0.25, 0.3) is 0 Å². The minimum atomic E-state index is -1.32. The number of ketones is 1. The molecule has 0 spiro atoms. The van der Waals surface area contributed by atoms with E-state index in [1.807, 2.05) is 0 Å². The van der Waals surface area contributed by atoms with Crippen molar-refractivity contribution in [1.82, 2.24) is 0 Å². The molecule has 0 aromatic heterocycles. The summed E-state index contributed by atoms with van der Waals surface area (Å²) in [6.45, 7) is 3.04. The van der Waals surface area contributed by atoms with Crippen LogP contribution in [-0.2, 0) is 118 Å². The fourth-order valence-corrected chi connectivity index (χ4v) is 2.09. The first kappa shape index (κ1) is 44.9. The Hall–Kier alpha value is -3.55. The van der Waals surface area contributed by atoms with Crippen LogP contribution in [0.15, 0.2) is 0 Å². The van der Waals surface area contributed by atoms with Gasteiger partial charge in [-0.15, -0.1) is 0 Å². The molecule has 44 heavy (non-hydrogen) atoms. The molecule has 0 aromatic rings. The first-order valence-electron chi connectivity index (χ1n) is 12.0. The SMILES string of the molecule is COC(=O)C(C)OC(=O)C(C)OC(=O)C(C)OC(=O)CC(C)=O.COCOC(=O)CC(=O)OCOC(=O)CC(=O)OCO.[Y]. The molecule has 1 radical (unpaired) electrons. The zero-order valence-electron chi connectivity index (χ0n) is 24.8. The van der Waals surface area contributed by atoms with Gasteiger partial charge in [0, 0.05) is 39.8 Å². The largest absolute Gasteiger partial charge is 0.466 e. The van der Waals surface area contributed by atoms with Gasteiger partial charge in [-0.2, -0.15) is 0 Å². The molecule has 0 rings (SSSR count). The number of hydrogen-bond donors (Lipinski definition) is 1. The van der Waals surface area contributed by atoms with Crippen LogP contribution in [0.5, 0.6) is 0 Å². The van der Waals surface area contributed by atoms with E-state index in [1.54, 1.807) is 0 Å². The number of rotatable bonds is 17. The molecule has 247 valence electrons. The van der Waals surface area contributed by atoms with E-state index in [-0.39, 0.29) is 39.5 Å². The van der Waals surface area contributed by atoms with E-state index < -0.39 is 105 Å². The molecule has 0 bridgehead atoms. The molecule has 3 unspecified atom stereocenters. The maximum Gasteiger partial charge on any atom is 0.347 e. The first-order valence-corrected chi connectivity index (χ1v) is 12.0. The summed E-state index contributed by atoms with van der Waals surface area (Å²) in [5.74, 6) is -7.85. The number of Topliss-reactive ketones (excluding diaryl/α,β-unsaturated/α-hetero) is 1. The third-order valence-electron chi connectivity index (χ3n) is 4.06. The van der Waals surface area contributed by atoms with Crippen LogP contribution < -0.4 is 0 Å². The second-order valence-electron chi connectivity index (χ2n) is 7.76. The number of methoxy groups -OCH3 is 2. The number of aliphatic hydroxyl groups excluding tert-OH is 1. The van der Waals surface area contributed by atoms with Crippen molar-refractivity contribution in [2.24, 2.45) is 0 Å². The average molecular weight is 715 g/mol. The van der Waals surface area contributed by atoms with Crippen molar-refractivity contribution in [3.8, 4) is 0 Å². The van der Waals surface area contributed by atoms with Crippen molar-refractivity contribution < 1.29 is 124 Å². The van der Waals surface area contributed by atoms with Gasteiger partial charge >= 0.3 is 47.8 Å². The summed E-state index contributed by atoms with van der Waals surface area (Å²) in [5, 5.41) is 8.23. The molecule has 0 aliphatic rings. The summed E-state index contributed by atoms with van der Waals surface area (Å²) < 4.78 is 40.2. The topological polar surface area (TPSA) is 257 Å². The average Bonchev–Trinajstić information content (AvgIpc) is 2.90. The van der Waals surface area contributed by atoms with Gasteiger partial charge in [0.1, 0.15) is 25.0 Å². The molecule has 20 heteroatoms. The van der Waals surface area contributed by atoms with Crippen LogP contribution in [0, 0.1) is 0 Å². The van der Waals surface area contributed by atoms with Gasteiger partial charge in [0.15, 0.2) is 31.9 Å². The number of carbonyl (C=O) groups is 9. The van der Waals surface area contributed by atoms with Crippen molar-refractivity contribution >= 4 is 53.5 Å². The molecular formula is C24H34O19Y. The van der Waals surface area contributed by atoms with E-state index in [2.05, 4.69) is 33.2 Å².